The molecule has 40 heavy (non-hydrogen) atoms. The van der Waals surface area contributed by atoms with Crippen molar-refractivity contribution in [1.82, 2.24) is 0 Å². The van der Waals surface area contributed by atoms with Gasteiger partial charge in [-0.1, -0.05) is 115 Å². The summed E-state index contributed by atoms with van der Waals surface area (Å²) in [5.74, 6) is 0.325. The van der Waals surface area contributed by atoms with Gasteiger partial charge in [0.2, 0.25) is 0 Å². The summed E-state index contributed by atoms with van der Waals surface area (Å²) in [6, 6.07) is 0. The summed E-state index contributed by atoms with van der Waals surface area (Å²) in [4.78, 5) is 0. The van der Waals surface area contributed by atoms with Gasteiger partial charge in [-0.05, 0) is 71.0 Å². The second-order valence-electron chi connectivity index (χ2n) is 17.3. The van der Waals surface area contributed by atoms with E-state index in [-0.39, 0.29) is 44.7 Å². The van der Waals surface area contributed by atoms with Crippen molar-refractivity contribution in [2.75, 3.05) is 0 Å². The van der Waals surface area contributed by atoms with E-state index in [1.165, 1.54) is 12.8 Å². The lowest BCUT2D eigenvalue weighted by Crippen LogP contribution is -2.49. The highest BCUT2D eigenvalue weighted by molar-refractivity contribution is 5.13. The summed E-state index contributed by atoms with van der Waals surface area (Å²) in [5.41, 5.74) is 4.92. The molecule has 6 unspecified atom stereocenters. The molecule has 2 rings (SSSR count). The van der Waals surface area contributed by atoms with Crippen LogP contribution in [0.4, 0.5) is 0 Å². The maximum absolute atomic E-state index is 9.96. The fourth-order valence-corrected chi connectivity index (χ4v) is 6.84. The third kappa shape index (κ3) is 8.03. The predicted molar refractivity (Wildman–Crippen MR) is 171 cm³/mol. The first kappa shape index (κ1) is 35.5. The molecule has 2 aliphatic heterocycles. The normalized spacial score (nSPS) is 27.0. The number of rotatable bonds is 17. The minimum absolute atomic E-state index is 0.00679. The third-order valence-electron chi connectivity index (χ3n) is 12.2. The average Bonchev–Trinajstić information content (AvgIpc) is 3.65. The third-order valence-corrected chi connectivity index (χ3v) is 12.2. The smallest absolute Gasteiger partial charge is 0.113 e. The van der Waals surface area contributed by atoms with Gasteiger partial charge in [0.25, 0.3) is 0 Å². The van der Waals surface area contributed by atoms with E-state index >= 15 is 0 Å². The van der Waals surface area contributed by atoms with E-state index in [4.69, 9.17) is 15.2 Å². The molecule has 2 aliphatic rings. The van der Waals surface area contributed by atoms with Crippen molar-refractivity contribution in [1.29, 1.82) is 0 Å². The van der Waals surface area contributed by atoms with Crippen LogP contribution in [0.25, 0.3) is 0 Å². The number of aliphatic hydroxyl groups is 1. The van der Waals surface area contributed by atoms with E-state index in [1.54, 1.807) is 6.92 Å². The highest BCUT2D eigenvalue weighted by Crippen LogP contribution is 2.60. The summed E-state index contributed by atoms with van der Waals surface area (Å²) in [6.45, 7) is 37.1. The van der Waals surface area contributed by atoms with Gasteiger partial charge >= 0.3 is 0 Å². The Hall–Kier alpha value is -0.680. The Kier molecular flexibility index (Phi) is 10.5. The quantitative estimate of drug-likeness (QED) is 0.106. The van der Waals surface area contributed by atoms with Crippen LogP contribution in [-0.2, 0) is 9.47 Å². The topological polar surface area (TPSA) is 71.3 Å². The minimum atomic E-state index is -1.17. The lowest BCUT2D eigenvalue weighted by atomic mass is 9.48. The van der Waals surface area contributed by atoms with Crippen LogP contribution in [0.5, 0.6) is 0 Å². The summed E-state index contributed by atoms with van der Waals surface area (Å²) >= 11 is 0. The standard InChI is InChI=1S/C36H67NO3/c1-16-19-25-26(39-25)23-33(9,10)35(13,14)29(17-2)34(11,12)31(5,6)21-18-20-30(3,4)32(7,8)22-27-28(40-27)24-36(15,37)38/h17-18,21,25-29,38H,2,16,19-20,22-24,37H2,1,3-15H3/b21-18-. The van der Waals surface area contributed by atoms with Gasteiger partial charge in [-0.15, -0.1) is 6.58 Å². The van der Waals surface area contributed by atoms with Gasteiger partial charge in [-0.2, -0.15) is 0 Å². The molecule has 4 nitrogen and oxygen atoms in total. The Labute approximate surface area is 248 Å². The highest BCUT2D eigenvalue weighted by Gasteiger charge is 2.54. The molecular weight excluding hydrogens is 494 g/mol. The van der Waals surface area contributed by atoms with Crippen LogP contribution in [0.3, 0.4) is 0 Å². The molecule has 0 aromatic heterocycles. The molecule has 0 bridgehead atoms. The van der Waals surface area contributed by atoms with Gasteiger partial charge < -0.3 is 20.3 Å². The average molecular weight is 562 g/mol. The van der Waals surface area contributed by atoms with Gasteiger partial charge in [0.05, 0.1) is 24.4 Å². The monoisotopic (exact) mass is 562 g/mol. The number of epoxide rings is 2. The van der Waals surface area contributed by atoms with Gasteiger partial charge in [0.1, 0.15) is 5.72 Å². The number of ether oxygens (including phenoxy) is 2. The molecule has 2 fully saturated rings. The van der Waals surface area contributed by atoms with E-state index < -0.39 is 5.72 Å². The zero-order valence-electron chi connectivity index (χ0n) is 28.9. The minimum Gasteiger partial charge on any atom is -0.376 e. The molecule has 2 heterocycles. The fourth-order valence-electron chi connectivity index (χ4n) is 6.84. The molecule has 2 saturated heterocycles. The summed E-state index contributed by atoms with van der Waals surface area (Å²) in [7, 11) is 0. The maximum atomic E-state index is 9.96. The van der Waals surface area contributed by atoms with Crippen LogP contribution in [0, 0.1) is 38.4 Å². The van der Waals surface area contributed by atoms with Crippen molar-refractivity contribution in [3.8, 4) is 0 Å². The van der Waals surface area contributed by atoms with Crippen LogP contribution < -0.4 is 5.73 Å². The first-order valence-corrected chi connectivity index (χ1v) is 16.0. The highest BCUT2D eigenvalue weighted by atomic mass is 16.6. The van der Waals surface area contributed by atoms with Crippen LogP contribution >= 0.6 is 0 Å². The summed E-state index contributed by atoms with van der Waals surface area (Å²) in [6.07, 6.45) is 14.1. The van der Waals surface area contributed by atoms with E-state index in [1.807, 2.05) is 0 Å². The van der Waals surface area contributed by atoms with E-state index in [0.717, 1.165) is 19.3 Å². The Balaban J connectivity index is 2.12. The van der Waals surface area contributed by atoms with Crippen molar-refractivity contribution in [2.45, 2.75) is 166 Å². The molecule has 0 saturated carbocycles. The molecule has 6 atom stereocenters. The molecule has 4 heteroatoms. The molecule has 0 amide bonds. The molecule has 0 aromatic rings. The van der Waals surface area contributed by atoms with Crippen molar-refractivity contribution in [2.24, 2.45) is 44.1 Å². The first-order chi connectivity index (χ1) is 17.9. The number of hydrogen-bond acceptors (Lipinski definition) is 4. The number of nitrogens with two attached hydrogens (primary N) is 1. The SMILES string of the molecule is C=CC(C(C)(C)C(C)(C)/C=C\CC(C)(C)C(C)(C)CC1OC1CC(C)(N)O)C(C)(C)C(C)(C)CC1OC1CCC. The predicted octanol–water partition coefficient (Wildman–Crippen LogP) is 9.06. The van der Waals surface area contributed by atoms with Crippen LogP contribution in [0.2, 0.25) is 0 Å². The zero-order chi connectivity index (χ0) is 31.2. The second-order valence-corrected chi connectivity index (χ2v) is 17.3. The van der Waals surface area contributed by atoms with Crippen LogP contribution in [-0.4, -0.2) is 35.2 Å². The Bertz CT molecular complexity index is 886. The van der Waals surface area contributed by atoms with Crippen LogP contribution in [0.15, 0.2) is 24.8 Å². The first-order valence-electron chi connectivity index (χ1n) is 16.0. The van der Waals surface area contributed by atoms with Crippen molar-refractivity contribution in [3.63, 3.8) is 0 Å². The van der Waals surface area contributed by atoms with Crippen molar-refractivity contribution < 1.29 is 14.6 Å². The van der Waals surface area contributed by atoms with Crippen LogP contribution in [0.1, 0.15) is 135 Å². The summed E-state index contributed by atoms with van der Waals surface area (Å²) < 4.78 is 12.0. The molecular formula is C36H67NO3. The largest absolute Gasteiger partial charge is 0.376 e. The Morgan fingerprint density at radius 2 is 1.20 bits per heavy atom. The lowest BCUT2D eigenvalue weighted by Gasteiger charge is -2.56. The van der Waals surface area contributed by atoms with Gasteiger partial charge in [0, 0.05) is 6.42 Å². The molecule has 0 spiro atoms. The maximum Gasteiger partial charge on any atom is 0.113 e. The fraction of sp³-hybridized carbons (Fsp3) is 0.889. The summed E-state index contributed by atoms with van der Waals surface area (Å²) in [5, 5.41) is 9.96. The van der Waals surface area contributed by atoms with E-state index in [9.17, 15) is 5.11 Å². The second kappa shape index (κ2) is 11.8. The molecule has 234 valence electrons. The Morgan fingerprint density at radius 3 is 1.70 bits per heavy atom. The van der Waals surface area contributed by atoms with Crippen molar-refractivity contribution in [3.05, 3.63) is 24.8 Å². The molecule has 0 radical (unpaired) electrons. The van der Waals surface area contributed by atoms with Crippen molar-refractivity contribution >= 4 is 0 Å². The molecule has 0 aromatic carbocycles. The van der Waals surface area contributed by atoms with E-state index in [2.05, 4.69) is 115 Å². The zero-order valence-corrected chi connectivity index (χ0v) is 28.9. The molecule has 3 N–H and O–H groups in total. The van der Waals surface area contributed by atoms with Gasteiger partial charge in [0.15, 0.2) is 0 Å². The number of hydrogen-bond donors (Lipinski definition) is 2. The Morgan fingerprint density at radius 1 is 0.725 bits per heavy atom. The number of allylic oxidation sites excluding steroid dienone is 3. The molecule has 0 aliphatic carbocycles. The van der Waals surface area contributed by atoms with Gasteiger partial charge in [-0.3, -0.25) is 0 Å². The van der Waals surface area contributed by atoms with Gasteiger partial charge in [-0.25, -0.2) is 0 Å². The lowest BCUT2D eigenvalue weighted by molar-refractivity contribution is -0.0440. The van der Waals surface area contributed by atoms with E-state index in [0.29, 0.717) is 24.5 Å².